The number of H-pyrrole nitrogens is 1. The highest BCUT2D eigenvalue weighted by Crippen LogP contribution is 2.20. The summed E-state index contributed by atoms with van der Waals surface area (Å²) >= 11 is 0. The van der Waals surface area contributed by atoms with Crippen LogP contribution >= 0.6 is 0 Å². The number of anilines is 2. The molecule has 0 aromatic carbocycles. The first kappa shape index (κ1) is 11.9. The number of rotatable bonds is 2. The van der Waals surface area contributed by atoms with Gasteiger partial charge >= 0.3 is 0 Å². The second-order valence-corrected chi connectivity index (χ2v) is 4.74. The highest BCUT2D eigenvalue weighted by molar-refractivity contribution is 5.60. The standard InChI is InChI=1S/C12H17N7/c1-18-4-6-19(7-5-18)10-8-9(2-3-14-10)11-15-12(13)17-16-11/h2-3,8H,4-7H2,1H3,(H3,13,15,16,17). The zero-order chi connectivity index (χ0) is 13.2. The minimum atomic E-state index is 0.257. The van der Waals surface area contributed by atoms with E-state index in [0.717, 1.165) is 37.6 Å². The number of nitrogens with two attached hydrogens (primary N) is 1. The molecule has 0 aliphatic carbocycles. The monoisotopic (exact) mass is 259 g/mol. The average Bonchev–Trinajstić information content (AvgIpc) is 2.86. The first-order chi connectivity index (χ1) is 9.22. The molecule has 0 unspecified atom stereocenters. The fraction of sp³-hybridized carbons (Fsp3) is 0.417. The molecular formula is C12H17N7. The molecule has 2 aromatic heterocycles. The van der Waals surface area contributed by atoms with Gasteiger partial charge in [0.05, 0.1) is 0 Å². The van der Waals surface area contributed by atoms with Crippen LogP contribution in [0.3, 0.4) is 0 Å². The van der Waals surface area contributed by atoms with Gasteiger partial charge in [0.15, 0.2) is 5.82 Å². The van der Waals surface area contributed by atoms with Crippen molar-refractivity contribution in [2.24, 2.45) is 0 Å². The van der Waals surface area contributed by atoms with Crippen LogP contribution in [-0.4, -0.2) is 58.3 Å². The lowest BCUT2D eigenvalue weighted by atomic mass is 10.2. The molecular weight excluding hydrogens is 242 g/mol. The summed E-state index contributed by atoms with van der Waals surface area (Å²) in [4.78, 5) is 13.2. The van der Waals surface area contributed by atoms with Crippen molar-refractivity contribution in [3.05, 3.63) is 18.3 Å². The maximum atomic E-state index is 5.53. The van der Waals surface area contributed by atoms with Crippen molar-refractivity contribution < 1.29 is 0 Å². The third-order valence-corrected chi connectivity index (χ3v) is 3.35. The minimum Gasteiger partial charge on any atom is -0.366 e. The van der Waals surface area contributed by atoms with Gasteiger partial charge < -0.3 is 15.5 Å². The molecule has 7 heteroatoms. The topological polar surface area (TPSA) is 87.0 Å². The predicted octanol–water partition coefficient (Wildman–Crippen LogP) is 0.201. The maximum absolute atomic E-state index is 5.53. The van der Waals surface area contributed by atoms with E-state index >= 15 is 0 Å². The molecule has 1 saturated heterocycles. The molecule has 1 aliphatic heterocycles. The summed E-state index contributed by atoms with van der Waals surface area (Å²) in [6, 6.07) is 3.92. The van der Waals surface area contributed by atoms with Crippen molar-refractivity contribution in [1.29, 1.82) is 0 Å². The highest BCUT2D eigenvalue weighted by atomic mass is 15.3. The van der Waals surface area contributed by atoms with Gasteiger partial charge in [-0.1, -0.05) is 0 Å². The zero-order valence-electron chi connectivity index (χ0n) is 10.9. The van der Waals surface area contributed by atoms with Crippen LogP contribution in [0, 0.1) is 0 Å². The Hall–Kier alpha value is -2.15. The van der Waals surface area contributed by atoms with E-state index in [9.17, 15) is 0 Å². The number of nitrogens with one attached hydrogen (secondary N) is 1. The van der Waals surface area contributed by atoms with Crippen molar-refractivity contribution >= 4 is 11.8 Å². The molecule has 1 aliphatic rings. The molecule has 0 bridgehead atoms. The minimum absolute atomic E-state index is 0.257. The van der Waals surface area contributed by atoms with E-state index in [1.807, 2.05) is 12.1 Å². The van der Waals surface area contributed by atoms with Gasteiger partial charge in [-0.2, -0.15) is 4.98 Å². The van der Waals surface area contributed by atoms with Crippen LogP contribution in [0.4, 0.5) is 11.8 Å². The SMILES string of the molecule is CN1CCN(c2cc(-c3nc(N)n[nH]3)ccn2)CC1. The number of pyridine rings is 1. The second kappa shape index (κ2) is 4.85. The Kier molecular flexibility index (Phi) is 3.04. The Morgan fingerprint density at radius 1 is 1.26 bits per heavy atom. The van der Waals surface area contributed by atoms with Crippen LogP contribution in [0.15, 0.2) is 18.3 Å². The van der Waals surface area contributed by atoms with Crippen molar-refractivity contribution in [3.63, 3.8) is 0 Å². The normalized spacial score (nSPS) is 16.8. The van der Waals surface area contributed by atoms with Gasteiger partial charge in [-0.05, 0) is 19.2 Å². The van der Waals surface area contributed by atoms with Crippen LogP contribution < -0.4 is 10.6 Å². The van der Waals surface area contributed by atoms with Crippen molar-refractivity contribution in [2.45, 2.75) is 0 Å². The summed E-state index contributed by atoms with van der Waals surface area (Å²) < 4.78 is 0. The number of piperazine rings is 1. The summed E-state index contributed by atoms with van der Waals surface area (Å²) in [5.41, 5.74) is 6.48. The van der Waals surface area contributed by atoms with Crippen molar-refractivity contribution in [3.8, 4) is 11.4 Å². The van der Waals surface area contributed by atoms with Gasteiger partial charge in [0.1, 0.15) is 5.82 Å². The smallest absolute Gasteiger partial charge is 0.239 e. The second-order valence-electron chi connectivity index (χ2n) is 4.74. The van der Waals surface area contributed by atoms with Gasteiger partial charge in [-0.3, -0.25) is 5.10 Å². The van der Waals surface area contributed by atoms with Gasteiger partial charge in [-0.25, -0.2) is 4.98 Å². The Bertz CT molecular complexity index is 557. The molecule has 3 heterocycles. The third-order valence-electron chi connectivity index (χ3n) is 3.35. The van der Waals surface area contributed by atoms with E-state index in [1.165, 1.54) is 0 Å². The predicted molar refractivity (Wildman–Crippen MR) is 73.7 cm³/mol. The summed E-state index contributed by atoms with van der Waals surface area (Å²) in [7, 11) is 2.14. The number of hydrogen-bond acceptors (Lipinski definition) is 6. The van der Waals surface area contributed by atoms with E-state index in [1.54, 1.807) is 6.20 Å². The summed E-state index contributed by atoms with van der Waals surface area (Å²) in [5, 5.41) is 6.66. The molecule has 0 spiro atoms. The summed E-state index contributed by atoms with van der Waals surface area (Å²) in [5.74, 6) is 1.91. The summed E-state index contributed by atoms with van der Waals surface area (Å²) in [6.45, 7) is 4.10. The third kappa shape index (κ3) is 2.50. The Labute approximate surface area is 111 Å². The molecule has 19 heavy (non-hydrogen) atoms. The number of nitrogen functional groups attached to an aromatic ring is 1. The Balaban J connectivity index is 1.84. The van der Waals surface area contributed by atoms with Crippen LogP contribution in [0.25, 0.3) is 11.4 Å². The number of aromatic amines is 1. The van der Waals surface area contributed by atoms with E-state index < -0.39 is 0 Å². The molecule has 0 radical (unpaired) electrons. The largest absolute Gasteiger partial charge is 0.366 e. The molecule has 0 saturated carbocycles. The average molecular weight is 259 g/mol. The fourth-order valence-corrected chi connectivity index (χ4v) is 2.18. The van der Waals surface area contributed by atoms with Crippen molar-refractivity contribution in [1.82, 2.24) is 25.1 Å². The molecule has 3 N–H and O–H groups in total. The number of likely N-dealkylation sites (N-methyl/N-ethyl adjacent to an activating group) is 1. The number of hydrogen-bond donors (Lipinski definition) is 2. The summed E-state index contributed by atoms with van der Waals surface area (Å²) in [6.07, 6.45) is 1.79. The van der Waals surface area contributed by atoms with Crippen LogP contribution in [-0.2, 0) is 0 Å². The molecule has 0 amide bonds. The fourth-order valence-electron chi connectivity index (χ4n) is 2.18. The lowest BCUT2D eigenvalue weighted by Gasteiger charge is -2.33. The van der Waals surface area contributed by atoms with E-state index in [0.29, 0.717) is 5.82 Å². The van der Waals surface area contributed by atoms with Crippen LogP contribution in [0.2, 0.25) is 0 Å². The zero-order valence-corrected chi connectivity index (χ0v) is 10.9. The quantitative estimate of drug-likeness (QED) is 0.801. The lowest BCUT2D eigenvalue weighted by molar-refractivity contribution is 0.312. The molecule has 3 rings (SSSR count). The Morgan fingerprint density at radius 3 is 2.74 bits per heavy atom. The first-order valence-electron chi connectivity index (χ1n) is 6.30. The lowest BCUT2D eigenvalue weighted by Crippen LogP contribution is -2.44. The molecule has 0 atom stereocenters. The van der Waals surface area contributed by atoms with Gasteiger partial charge in [0.25, 0.3) is 0 Å². The van der Waals surface area contributed by atoms with Gasteiger partial charge in [0.2, 0.25) is 5.95 Å². The first-order valence-corrected chi connectivity index (χ1v) is 6.30. The molecule has 1 fully saturated rings. The molecule has 7 nitrogen and oxygen atoms in total. The van der Waals surface area contributed by atoms with E-state index in [4.69, 9.17) is 5.73 Å². The number of nitrogens with zero attached hydrogens (tertiary/aromatic N) is 5. The molecule has 2 aromatic rings. The Morgan fingerprint density at radius 2 is 2.05 bits per heavy atom. The van der Waals surface area contributed by atoms with Gasteiger partial charge in [0, 0.05) is 37.9 Å². The highest BCUT2D eigenvalue weighted by Gasteiger charge is 2.16. The van der Waals surface area contributed by atoms with Crippen molar-refractivity contribution in [2.75, 3.05) is 43.9 Å². The van der Waals surface area contributed by atoms with E-state index in [2.05, 4.69) is 37.0 Å². The molecule has 100 valence electrons. The number of aromatic nitrogens is 4. The maximum Gasteiger partial charge on any atom is 0.239 e. The van der Waals surface area contributed by atoms with Crippen LogP contribution in [0.5, 0.6) is 0 Å². The van der Waals surface area contributed by atoms with Crippen LogP contribution in [0.1, 0.15) is 0 Å². The van der Waals surface area contributed by atoms with Gasteiger partial charge in [-0.15, -0.1) is 5.10 Å². The van der Waals surface area contributed by atoms with E-state index in [-0.39, 0.29) is 5.95 Å².